The van der Waals surface area contributed by atoms with Crippen molar-refractivity contribution < 1.29 is 4.79 Å². The van der Waals surface area contributed by atoms with Crippen molar-refractivity contribution in [1.29, 1.82) is 0 Å². The number of anilines is 1. The molecule has 0 aliphatic carbocycles. The lowest BCUT2D eigenvalue weighted by atomic mass is 9.65. The molecule has 6 heteroatoms. The van der Waals surface area contributed by atoms with Crippen molar-refractivity contribution in [3.05, 3.63) is 82.1 Å². The molecule has 0 saturated heterocycles. The van der Waals surface area contributed by atoms with Gasteiger partial charge in [-0.15, -0.1) is 0 Å². The standard InChI is InChI=1S/C26H28ClN3OS/c1-17-14-18(2)29-24(28-17)32-15-23(31)30-22-9-7-6-8-21(22)26(5,16-25(30,3)4)19-10-12-20(27)13-11-19/h6-14H,15-16H2,1-5H3/t26-/m1/s1. The number of aryl methyl sites for hydroxylation is 2. The molecule has 1 atom stereocenters. The Bertz CT molecular complexity index is 1140. The van der Waals surface area contributed by atoms with Crippen LogP contribution in [-0.4, -0.2) is 27.2 Å². The molecule has 32 heavy (non-hydrogen) atoms. The van der Waals surface area contributed by atoms with Crippen molar-refractivity contribution >= 4 is 35.0 Å². The first kappa shape index (κ1) is 22.8. The van der Waals surface area contributed by atoms with Gasteiger partial charge in [0.1, 0.15) is 0 Å². The van der Waals surface area contributed by atoms with Gasteiger partial charge in [-0.3, -0.25) is 4.79 Å². The van der Waals surface area contributed by atoms with Crippen LogP contribution in [0.2, 0.25) is 5.02 Å². The van der Waals surface area contributed by atoms with Gasteiger partial charge in [-0.1, -0.05) is 60.6 Å². The molecule has 0 unspecified atom stereocenters. The summed E-state index contributed by atoms with van der Waals surface area (Å²) in [7, 11) is 0. The van der Waals surface area contributed by atoms with E-state index in [1.54, 1.807) is 0 Å². The van der Waals surface area contributed by atoms with E-state index in [0.717, 1.165) is 34.1 Å². The number of thioether (sulfide) groups is 1. The molecule has 1 aliphatic heterocycles. The monoisotopic (exact) mass is 465 g/mol. The second kappa shape index (κ2) is 8.53. The largest absolute Gasteiger partial charge is 0.306 e. The topological polar surface area (TPSA) is 46.1 Å². The number of nitrogens with zero attached hydrogens (tertiary/aromatic N) is 3. The van der Waals surface area contributed by atoms with E-state index in [1.165, 1.54) is 17.3 Å². The van der Waals surface area contributed by atoms with Crippen LogP contribution in [0, 0.1) is 13.8 Å². The maximum absolute atomic E-state index is 13.5. The SMILES string of the molecule is Cc1cc(C)nc(SCC(=O)N2c3ccccc3[C@@](C)(c3ccc(Cl)cc3)CC2(C)C)n1. The molecule has 4 rings (SSSR count). The Kier molecular flexibility index (Phi) is 6.08. The molecule has 0 bridgehead atoms. The number of benzene rings is 2. The molecule has 0 N–H and O–H groups in total. The quantitative estimate of drug-likeness (QED) is 0.332. The molecule has 1 amide bonds. The van der Waals surface area contributed by atoms with Gasteiger partial charge >= 0.3 is 0 Å². The van der Waals surface area contributed by atoms with E-state index < -0.39 is 0 Å². The third kappa shape index (κ3) is 4.28. The number of hydrogen-bond acceptors (Lipinski definition) is 4. The van der Waals surface area contributed by atoms with E-state index in [4.69, 9.17) is 11.6 Å². The van der Waals surface area contributed by atoms with Crippen LogP contribution in [0.5, 0.6) is 0 Å². The number of carbonyl (C=O) groups excluding carboxylic acids is 1. The summed E-state index contributed by atoms with van der Waals surface area (Å²) in [5.41, 5.74) is 4.54. The van der Waals surface area contributed by atoms with Crippen molar-refractivity contribution in [2.24, 2.45) is 0 Å². The van der Waals surface area contributed by atoms with Crippen molar-refractivity contribution in [2.75, 3.05) is 10.7 Å². The van der Waals surface area contributed by atoms with E-state index in [-0.39, 0.29) is 22.6 Å². The number of amides is 1. The molecule has 0 radical (unpaired) electrons. The Morgan fingerprint density at radius 3 is 2.31 bits per heavy atom. The summed E-state index contributed by atoms with van der Waals surface area (Å²) >= 11 is 7.55. The highest BCUT2D eigenvalue weighted by molar-refractivity contribution is 7.99. The van der Waals surface area contributed by atoms with Crippen molar-refractivity contribution in [2.45, 2.75) is 57.1 Å². The fraction of sp³-hybridized carbons (Fsp3) is 0.346. The first-order valence-electron chi connectivity index (χ1n) is 10.7. The smallest absolute Gasteiger partial charge is 0.237 e. The Morgan fingerprint density at radius 1 is 1.03 bits per heavy atom. The summed E-state index contributed by atoms with van der Waals surface area (Å²) in [5, 5.41) is 1.37. The fourth-order valence-corrected chi connectivity index (χ4v) is 5.92. The molecule has 2 aromatic carbocycles. The molecule has 4 nitrogen and oxygen atoms in total. The highest BCUT2D eigenvalue weighted by Crippen LogP contribution is 2.50. The number of para-hydroxylation sites is 1. The van der Waals surface area contributed by atoms with Crippen molar-refractivity contribution in [3.8, 4) is 0 Å². The van der Waals surface area contributed by atoms with Crippen molar-refractivity contribution in [1.82, 2.24) is 9.97 Å². The van der Waals surface area contributed by atoms with Gasteiger partial charge in [0.15, 0.2) is 5.16 Å². The number of rotatable bonds is 4. The lowest BCUT2D eigenvalue weighted by Gasteiger charge is -2.51. The van der Waals surface area contributed by atoms with E-state index in [2.05, 4.69) is 55.0 Å². The summed E-state index contributed by atoms with van der Waals surface area (Å²) in [5.74, 6) is 0.353. The van der Waals surface area contributed by atoms with Gasteiger partial charge in [-0.05, 0) is 69.5 Å². The molecule has 3 aromatic rings. The minimum absolute atomic E-state index is 0.0633. The third-order valence-corrected chi connectivity index (χ3v) is 7.23. The summed E-state index contributed by atoms with van der Waals surface area (Å²) in [6.07, 6.45) is 0.801. The fourth-order valence-electron chi connectivity index (χ4n) is 5.00. The van der Waals surface area contributed by atoms with Gasteiger partial charge in [0.2, 0.25) is 5.91 Å². The number of carbonyl (C=O) groups is 1. The molecule has 0 saturated carbocycles. The number of hydrogen-bond donors (Lipinski definition) is 0. The molecule has 0 spiro atoms. The lowest BCUT2D eigenvalue weighted by molar-refractivity contribution is -0.117. The molecule has 2 heterocycles. The predicted molar refractivity (Wildman–Crippen MR) is 133 cm³/mol. The normalized spacial score (nSPS) is 19.5. The second-order valence-corrected chi connectivity index (χ2v) is 10.7. The molecule has 166 valence electrons. The zero-order chi connectivity index (χ0) is 23.1. The predicted octanol–water partition coefficient (Wildman–Crippen LogP) is 6.36. The highest BCUT2D eigenvalue weighted by atomic mass is 35.5. The van der Waals surface area contributed by atoms with E-state index in [9.17, 15) is 4.79 Å². The maximum Gasteiger partial charge on any atom is 0.237 e. The van der Waals surface area contributed by atoms with Crippen LogP contribution in [0.25, 0.3) is 0 Å². The maximum atomic E-state index is 13.5. The third-order valence-electron chi connectivity index (χ3n) is 6.15. The van der Waals surface area contributed by atoms with Gasteiger partial charge in [0, 0.05) is 33.1 Å². The van der Waals surface area contributed by atoms with E-state index in [1.807, 2.05) is 49.1 Å². The van der Waals surface area contributed by atoms with Crippen LogP contribution >= 0.6 is 23.4 Å². The summed E-state index contributed by atoms with van der Waals surface area (Å²) < 4.78 is 0. The Hall–Kier alpha value is -2.37. The van der Waals surface area contributed by atoms with E-state index in [0.29, 0.717) is 5.16 Å². The van der Waals surface area contributed by atoms with Crippen LogP contribution < -0.4 is 4.90 Å². The summed E-state index contributed by atoms with van der Waals surface area (Å²) in [6, 6.07) is 18.3. The van der Waals surface area contributed by atoms with Gasteiger partial charge in [0.05, 0.1) is 5.75 Å². The first-order chi connectivity index (χ1) is 15.1. The molecular formula is C26H28ClN3OS. The van der Waals surface area contributed by atoms with Gasteiger partial charge < -0.3 is 4.90 Å². The van der Waals surface area contributed by atoms with Gasteiger partial charge in [-0.25, -0.2) is 9.97 Å². The van der Waals surface area contributed by atoms with Crippen LogP contribution in [0.3, 0.4) is 0 Å². The molecule has 0 fully saturated rings. The second-order valence-electron chi connectivity index (χ2n) is 9.30. The van der Waals surface area contributed by atoms with Gasteiger partial charge in [0.25, 0.3) is 0 Å². The van der Waals surface area contributed by atoms with Gasteiger partial charge in [-0.2, -0.15) is 0 Å². The summed E-state index contributed by atoms with van der Waals surface area (Å²) in [4.78, 5) is 24.5. The van der Waals surface area contributed by atoms with Crippen molar-refractivity contribution in [3.63, 3.8) is 0 Å². The zero-order valence-corrected chi connectivity index (χ0v) is 20.7. The number of fused-ring (bicyclic) bond motifs is 1. The number of halogens is 1. The Balaban J connectivity index is 1.69. The highest BCUT2D eigenvalue weighted by Gasteiger charge is 2.47. The van der Waals surface area contributed by atoms with Crippen LogP contribution in [-0.2, 0) is 10.2 Å². The zero-order valence-electron chi connectivity index (χ0n) is 19.1. The minimum Gasteiger partial charge on any atom is -0.306 e. The number of aromatic nitrogens is 2. The van der Waals surface area contributed by atoms with Crippen LogP contribution in [0.1, 0.15) is 49.7 Å². The Labute approximate surface area is 199 Å². The summed E-state index contributed by atoms with van der Waals surface area (Å²) in [6.45, 7) is 10.4. The minimum atomic E-state index is -0.371. The molecular weight excluding hydrogens is 438 g/mol. The van der Waals surface area contributed by atoms with E-state index >= 15 is 0 Å². The lowest BCUT2D eigenvalue weighted by Crippen LogP contribution is -2.56. The average Bonchev–Trinajstić information content (AvgIpc) is 2.71. The van der Waals surface area contributed by atoms with Crippen LogP contribution in [0.4, 0.5) is 5.69 Å². The average molecular weight is 466 g/mol. The first-order valence-corrected chi connectivity index (χ1v) is 12.1. The Morgan fingerprint density at radius 2 is 1.66 bits per heavy atom. The van der Waals surface area contributed by atoms with Crippen LogP contribution in [0.15, 0.2) is 59.8 Å². The molecule has 1 aliphatic rings. The molecule has 1 aromatic heterocycles.